The van der Waals surface area contributed by atoms with E-state index in [9.17, 15) is 14.7 Å². The van der Waals surface area contributed by atoms with Gasteiger partial charge in [0.25, 0.3) is 5.91 Å². The Kier molecular flexibility index (Phi) is 9.72. The summed E-state index contributed by atoms with van der Waals surface area (Å²) in [6, 6.07) is 24.0. The number of tetrazole rings is 1. The molecule has 246 valence electrons. The lowest BCUT2D eigenvalue weighted by Gasteiger charge is -2.51. The van der Waals surface area contributed by atoms with Crippen molar-refractivity contribution < 1.29 is 19.4 Å². The van der Waals surface area contributed by atoms with Gasteiger partial charge in [-0.1, -0.05) is 92.9 Å². The van der Waals surface area contributed by atoms with E-state index in [0.717, 1.165) is 30.4 Å². The summed E-state index contributed by atoms with van der Waals surface area (Å²) in [6.07, 6.45) is 3.73. The monoisotopic (exact) mass is 656 g/mol. The van der Waals surface area contributed by atoms with Crippen LogP contribution in [0.4, 0.5) is 0 Å². The molecular weight excluding hydrogens is 616 g/mol. The molecule has 2 amide bonds. The van der Waals surface area contributed by atoms with E-state index in [1.807, 2.05) is 67.3 Å². The van der Waals surface area contributed by atoms with Crippen LogP contribution in [0.1, 0.15) is 67.4 Å². The van der Waals surface area contributed by atoms with Gasteiger partial charge in [-0.25, -0.2) is 0 Å². The Hall–Kier alpha value is -4.12. The number of ether oxygens (including phenoxy) is 1. The summed E-state index contributed by atoms with van der Waals surface area (Å²) >= 11 is 6.10. The van der Waals surface area contributed by atoms with E-state index in [1.165, 1.54) is 4.80 Å². The van der Waals surface area contributed by atoms with Gasteiger partial charge >= 0.3 is 0 Å². The van der Waals surface area contributed by atoms with Crippen molar-refractivity contribution in [1.82, 2.24) is 30.4 Å². The van der Waals surface area contributed by atoms with Crippen LogP contribution in [-0.4, -0.2) is 61.2 Å². The number of carbonyl (C=O) groups excluding carboxylic acids is 2. The molecule has 2 fully saturated rings. The number of aromatic nitrogens is 4. The van der Waals surface area contributed by atoms with Crippen LogP contribution in [0.5, 0.6) is 0 Å². The van der Waals surface area contributed by atoms with Crippen LogP contribution in [0.15, 0.2) is 78.9 Å². The van der Waals surface area contributed by atoms with Crippen LogP contribution in [-0.2, 0) is 28.5 Å². The molecule has 2 heterocycles. The summed E-state index contributed by atoms with van der Waals surface area (Å²) in [7, 11) is 0. The van der Waals surface area contributed by atoms with Crippen molar-refractivity contribution in [3.05, 3.63) is 101 Å². The zero-order chi connectivity index (χ0) is 33.0. The molecule has 3 aromatic carbocycles. The third-order valence-corrected chi connectivity index (χ3v) is 9.89. The molecule has 2 aliphatic rings. The van der Waals surface area contributed by atoms with Gasteiger partial charge in [0.2, 0.25) is 11.7 Å². The molecule has 1 aliphatic carbocycles. The number of carbonyl (C=O) groups is 2. The molecule has 1 saturated heterocycles. The quantitative estimate of drug-likeness (QED) is 0.240. The fraction of sp³-hybridized carbons (Fsp3) is 0.417. The Labute approximate surface area is 280 Å². The second-order valence-electron chi connectivity index (χ2n) is 13.3. The maximum Gasteiger partial charge on any atom is 0.251 e. The third kappa shape index (κ3) is 7.25. The second kappa shape index (κ2) is 13.9. The minimum absolute atomic E-state index is 0.0327. The smallest absolute Gasteiger partial charge is 0.251 e. The molecule has 1 aromatic heterocycles. The lowest BCUT2D eigenvalue weighted by Crippen LogP contribution is -2.59. The van der Waals surface area contributed by atoms with E-state index in [2.05, 4.69) is 20.7 Å². The molecule has 0 spiro atoms. The Morgan fingerprint density at radius 3 is 2.55 bits per heavy atom. The lowest BCUT2D eigenvalue weighted by atomic mass is 9.66. The molecule has 47 heavy (non-hydrogen) atoms. The first-order valence-corrected chi connectivity index (χ1v) is 16.6. The largest absolute Gasteiger partial charge is 0.384 e. The molecule has 6 rings (SSSR count). The predicted molar refractivity (Wildman–Crippen MR) is 178 cm³/mol. The van der Waals surface area contributed by atoms with Gasteiger partial charge in [-0.3, -0.25) is 9.59 Å². The number of piperidine rings is 1. The van der Waals surface area contributed by atoms with Crippen molar-refractivity contribution >= 4 is 23.4 Å². The summed E-state index contributed by atoms with van der Waals surface area (Å²) in [5.41, 5.74) is 1.30. The number of likely N-dealkylation sites (tertiary alicyclic amines) is 1. The topological polar surface area (TPSA) is 122 Å². The molecule has 0 bridgehead atoms. The minimum atomic E-state index is -1.09. The Bertz CT molecular complexity index is 1700. The highest BCUT2D eigenvalue weighted by molar-refractivity contribution is 6.30. The van der Waals surface area contributed by atoms with Gasteiger partial charge in [0.15, 0.2) is 6.73 Å². The Balaban J connectivity index is 1.09. The van der Waals surface area contributed by atoms with Crippen molar-refractivity contribution in [2.45, 2.75) is 70.9 Å². The highest BCUT2D eigenvalue weighted by atomic mass is 35.5. The zero-order valence-corrected chi connectivity index (χ0v) is 27.6. The number of nitrogens with one attached hydrogen (secondary N) is 1. The Morgan fingerprint density at radius 1 is 1.02 bits per heavy atom. The first-order valence-electron chi connectivity index (χ1n) is 16.2. The van der Waals surface area contributed by atoms with Gasteiger partial charge in [-0.2, -0.15) is 0 Å². The van der Waals surface area contributed by atoms with Gasteiger partial charge in [0, 0.05) is 40.7 Å². The van der Waals surface area contributed by atoms with E-state index in [4.69, 9.17) is 16.3 Å². The summed E-state index contributed by atoms with van der Waals surface area (Å²) in [5, 5.41) is 28.3. The summed E-state index contributed by atoms with van der Waals surface area (Å²) in [4.78, 5) is 30.8. The van der Waals surface area contributed by atoms with E-state index in [-0.39, 0.29) is 30.5 Å². The van der Waals surface area contributed by atoms with Crippen LogP contribution in [0.3, 0.4) is 0 Å². The molecule has 11 heteroatoms. The molecule has 3 atom stereocenters. The van der Waals surface area contributed by atoms with Gasteiger partial charge < -0.3 is 20.1 Å². The van der Waals surface area contributed by atoms with Gasteiger partial charge in [0.05, 0.1) is 18.1 Å². The zero-order valence-electron chi connectivity index (χ0n) is 26.8. The fourth-order valence-electron chi connectivity index (χ4n) is 6.89. The highest BCUT2D eigenvalue weighted by Gasteiger charge is 2.50. The third-order valence-electron chi connectivity index (χ3n) is 9.64. The van der Waals surface area contributed by atoms with Crippen LogP contribution in [0, 0.1) is 11.3 Å². The molecule has 1 aliphatic heterocycles. The summed E-state index contributed by atoms with van der Waals surface area (Å²) < 4.78 is 5.71. The number of rotatable bonds is 9. The number of nitrogens with zero attached hydrogens (tertiary/aromatic N) is 5. The maximum absolute atomic E-state index is 14.0. The average Bonchev–Trinajstić information content (AvgIpc) is 3.56. The number of halogens is 1. The number of aliphatic hydroxyl groups is 1. The molecule has 1 saturated carbocycles. The van der Waals surface area contributed by atoms with Gasteiger partial charge in [-0.15, -0.1) is 15.0 Å². The number of hydrogen-bond acceptors (Lipinski definition) is 7. The lowest BCUT2D eigenvalue weighted by molar-refractivity contribution is -0.158. The summed E-state index contributed by atoms with van der Waals surface area (Å²) in [6.45, 7) is 5.42. The SMILES string of the molecule is CC1(C)CN(C(=O)[C@H]2CCCC[C@H]2NC(=O)c2cccc(-c3nnn(COCc4ccccc4)n3)c2)CCC1(O)c1ccc(Cl)cc1. The van der Waals surface area contributed by atoms with E-state index in [0.29, 0.717) is 54.5 Å². The number of benzene rings is 3. The second-order valence-corrected chi connectivity index (χ2v) is 13.7. The molecule has 1 unspecified atom stereocenters. The van der Waals surface area contributed by atoms with E-state index >= 15 is 0 Å². The maximum atomic E-state index is 14.0. The standard InChI is InChI=1S/C36H41ClN6O4/c1-35(2)23-42(20-19-36(35,46)28-15-17-29(37)18-16-28)34(45)30-13-6-7-14-31(30)38-33(44)27-12-8-11-26(21-27)32-39-41-43(40-32)24-47-22-25-9-4-3-5-10-25/h3-5,8-12,15-18,21,30-31,46H,6-7,13-14,19-20,22-24H2,1-2H3,(H,38,44)/t30-,31+,36?/m0/s1. The van der Waals surface area contributed by atoms with Gasteiger partial charge in [-0.05, 0) is 59.9 Å². The molecule has 4 aromatic rings. The van der Waals surface area contributed by atoms with Crippen molar-refractivity contribution in [2.24, 2.45) is 11.3 Å². The fourth-order valence-corrected chi connectivity index (χ4v) is 7.01. The van der Waals surface area contributed by atoms with E-state index < -0.39 is 11.0 Å². The highest BCUT2D eigenvalue weighted by Crippen LogP contribution is 2.46. The van der Waals surface area contributed by atoms with Gasteiger partial charge in [0.1, 0.15) is 0 Å². The molecule has 2 N–H and O–H groups in total. The number of hydrogen-bond donors (Lipinski definition) is 2. The predicted octanol–water partition coefficient (Wildman–Crippen LogP) is 5.60. The molecule has 0 radical (unpaired) electrons. The van der Waals surface area contributed by atoms with Crippen LogP contribution >= 0.6 is 11.6 Å². The first kappa shape index (κ1) is 32.8. The minimum Gasteiger partial charge on any atom is -0.384 e. The Morgan fingerprint density at radius 2 is 1.79 bits per heavy atom. The average molecular weight is 657 g/mol. The van der Waals surface area contributed by atoms with Crippen molar-refractivity contribution in [3.8, 4) is 11.4 Å². The van der Waals surface area contributed by atoms with Crippen LogP contribution in [0.2, 0.25) is 5.02 Å². The van der Waals surface area contributed by atoms with Crippen molar-refractivity contribution in [3.63, 3.8) is 0 Å². The normalized spacial score (nSPS) is 22.5. The molecule has 10 nitrogen and oxygen atoms in total. The van der Waals surface area contributed by atoms with Crippen LogP contribution in [0.25, 0.3) is 11.4 Å². The number of amides is 2. The molecular formula is C36H41ClN6O4. The van der Waals surface area contributed by atoms with Crippen molar-refractivity contribution in [1.29, 1.82) is 0 Å². The van der Waals surface area contributed by atoms with Crippen molar-refractivity contribution in [2.75, 3.05) is 13.1 Å². The summed E-state index contributed by atoms with van der Waals surface area (Å²) in [5.74, 6) is -0.151. The van der Waals surface area contributed by atoms with Crippen LogP contribution < -0.4 is 5.32 Å². The van der Waals surface area contributed by atoms with E-state index in [1.54, 1.807) is 30.3 Å². The first-order chi connectivity index (χ1) is 22.6.